The summed E-state index contributed by atoms with van der Waals surface area (Å²) in [6, 6.07) is -1.72. The van der Waals surface area contributed by atoms with Crippen molar-refractivity contribution in [2.45, 2.75) is 25.1 Å². The van der Waals surface area contributed by atoms with Crippen molar-refractivity contribution in [3.05, 3.63) is 4.91 Å². The molecule has 0 saturated heterocycles. The molecule has 0 aliphatic carbocycles. The Morgan fingerprint density at radius 3 is 2.50 bits per heavy atom. The van der Waals surface area contributed by atoms with Crippen LogP contribution in [-0.4, -0.2) is 35.6 Å². The topological polar surface area (TPSA) is 126 Å². The zero-order valence-corrected chi connectivity index (χ0v) is 6.90. The molecule has 3 atom stereocenters. The van der Waals surface area contributed by atoms with Crippen molar-refractivity contribution in [2.75, 3.05) is 6.54 Å². The molecule has 0 aromatic rings. The van der Waals surface area contributed by atoms with Gasteiger partial charge in [0, 0.05) is 18.3 Å². The molecule has 0 radical (unpaired) electrons. The lowest BCUT2D eigenvalue weighted by molar-refractivity contribution is 0.194. The van der Waals surface area contributed by atoms with E-state index in [-0.39, 0.29) is 12.3 Å². The molecule has 0 amide bonds. The lowest BCUT2D eigenvalue weighted by atomic mass is 10.0. The van der Waals surface area contributed by atoms with E-state index in [4.69, 9.17) is 16.9 Å². The first kappa shape index (κ1) is 11.2. The maximum absolute atomic E-state index is 10.2. The smallest absolute Gasteiger partial charge is 0.139 e. The van der Waals surface area contributed by atoms with Crippen molar-refractivity contribution >= 4 is 5.71 Å². The predicted molar refractivity (Wildman–Crippen MR) is 46.0 cm³/mol. The Kier molecular flexibility index (Phi) is 4.57. The number of hydrogen-bond acceptors (Lipinski definition) is 6. The first-order chi connectivity index (χ1) is 5.54. The second kappa shape index (κ2) is 4.91. The fraction of sp³-hybridized carbons (Fsp3) is 0.833. The first-order valence-electron chi connectivity index (χ1n) is 3.55. The second-order valence-electron chi connectivity index (χ2n) is 2.62. The summed E-state index contributed by atoms with van der Waals surface area (Å²) >= 11 is 0. The summed E-state index contributed by atoms with van der Waals surface area (Å²) in [4.78, 5) is 10.2. The van der Waals surface area contributed by atoms with Crippen molar-refractivity contribution in [3.8, 4) is 0 Å². The van der Waals surface area contributed by atoms with Gasteiger partial charge < -0.3 is 22.0 Å². The molecule has 3 unspecified atom stereocenters. The standard InChI is InChI=1S/C6H14N4O2/c1-3(8)6(11)5(10-12)4(9)2-7/h4-6,8,11H,2,7,9H2,1H3. The van der Waals surface area contributed by atoms with E-state index in [9.17, 15) is 10.0 Å². The molecule has 0 aromatic heterocycles. The van der Waals surface area contributed by atoms with Crippen molar-refractivity contribution in [1.82, 2.24) is 0 Å². The van der Waals surface area contributed by atoms with Crippen LogP contribution in [0.5, 0.6) is 0 Å². The van der Waals surface area contributed by atoms with Crippen LogP contribution in [0.25, 0.3) is 0 Å². The quantitative estimate of drug-likeness (QED) is 0.308. The fourth-order valence-electron chi connectivity index (χ4n) is 0.766. The second-order valence-corrected chi connectivity index (χ2v) is 2.62. The minimum Gasteiger partial charge on any atom is -0.385 e. The highest BCUT2D eigenvalue weighted by Crippen LogP contribution is 2.03. The molecule has 6 heteroatoms. The average molecular weight is 174 g/mol. The highest BCUT2D eigenvalue weighted by Gasteiger charge is 2.27. The average Bonchev–Trinajstić information content (AvgIpc) is 2.05. The molecule has 0 saturated carbocycles. The van der Waals surface area contributed by atoms with E-state index in [2.05, 4.69) is 5.18 Å². The molecule has 6 nitrogen and oxygen atoms in total. The number of nitrogens with one attached hydrogen (secondary N) is 1. The normalized spacial score (nSPS) is 18.0. The molecule has 0 bridgehead atoms. The van der Waals surface area contributed by atoms with Gasteiger partial charge in [-0.1, -0.05) is 5.18 Å². The lowest BCUT2D eigenvalue weighted by Crippen LogP contribution is -2.48. The largest absolute Gasteiger partial charge is 0.385 e. The van der Waals surface area contributed by atoms with Gasteiger partial charge >= 0.3 is 0 Å². The molecule has 70 valence electrons. The Labute approximate surface area is 70.4 Å². The number of hydrogen-bond donors (Lipinski definition) is 4. The van der Waals surface area contributed by atoms with E-state index >= 15 is 0 Å². The Hall–Kier alpha value is -0.850. The van der Waals surface area contributed by atoms with E-state index in [0.717, 1.165) is 0 Å². The third kappa shape index (κ3) is 2.65. The van der Waals surface area contributed by atoms with Gasteiger partial charge in [0.2, 0.25) is 0 Å². The van der Waals surface area contributed by atoms with Crippen LogP contribution in [0.4, 0.5) is 0 Å². The minimum absolute atomic E-state index is 0.0384. The van der Waals surface area contributed by atoms with E-state index < -0.39 is 18.2 Å². The van der Waals surface area contributed by atoms with Crippen LogP contribution in [-0.2, 0) is 0 Å². The van der Waals surface area contributed by atoms with Crippen LogP contribution in [0.2, 0.25) is 0 Å². The molecule has 0 spiro atoms. The summed E-state index contributed by atoms with van der Waals surface area (Å²) in [7, 11) is 0. The summed E-state index contributed by atoms with van der Waals surface area (Å²) < 4.78 is 0. The Morgan fingerprint density at radius 1 is 1.75 bits per heavy atom. The van der Waals surface area contributed by atoms with Gasteiger partial charge in [-0.05, 0) is 6.92 Å². The van der Waals surface area contributed by atoms with Crippen LogP contribution in [0.3, 0.4) is 0 Å². The molecule has 0 heterocycles. The van der Waals surface area contributed by atoms with Crippen molar-refractivity contribution in [2.24, 2.45) is 16.6 Å². The molecular weight excluding hydrogens is 160 g/mol. The van der Waals surface area contributed by atoms with Gasteiger partial charge in [-0.25, -0.2) is 0 Å². The van der Waals surface area contributed by atoms with Gasteiger partial charge in [0.1, 0.15) is 12.1 Å². The fourth-order valence-corrected chi connectivity index (χ4v) is 0.766. The van der Waals surface area contributed by atoms with Crippen LogP contribution in [0.15, 0.2) is 5.18 Å². The third-order valence-electron chi connectivity index (χ3n) is 1.60. The van der Waals surface area contributed by atoms with E-state index in [1.807, 2.05) is 0 Å². The summed E-state index contributed by atoms with van der Waals surface area (Å²) in [6.45, 7) is 1.44. The molecule has 0 fully saturated rings. The zero-order valence-electron chi connectivity index (χ0n) is 6.90. The predicted octanol–water partition coefficient (Wildman–Crippen LogP) is -1.19. The van der Waals surface area contributed by atoms with Gasteiger partial charge in [-0.3, -0.25) is 0 Å². The monoisotopic (exact) mass is 174 g/mol. The van der Waals surface area contributed by atoms with Crippen LogP contribution >= 0.6 is 0 Å². The number of nitrogens with zero attached hydrogens (tertiary/aromatic N) is 1. The lowest BCUT2D eigenvalue weighted by Gasteiger charge is -2.20. The molecular formula is C6H14N4O2. The van der Waals surface area contributed by atoms with Gasteiger partial charge in [0.15, 0.2) is 0 Å². The maximum Gasteiger partial charge on any atom is 0.139 e. The van der Waals surface area contributed by atoms with Crippen molar-refractivity contribution < 1.29 is 5.11 Å². The molecule has 12 heavy (non-hydrogen) atoms. The first-order valence-corrected chi connectivity index (χ1v) is 3.55. The van der Waals surface area contributed by atoms with E-state index in [1.165, 1.54) is 6.92 Å². The van der Waals surface area contributed by atoms with E-state index in [0.29, 0.717) is 0 Å². The number of aliphatic hydroxyl groups is 1. The highest BCUT2D eigenvalue weighted by molar-refractivity contribution is 5.83. The van der Waals surface area contributed by atoms with Crippen molar-refractivity contribution in [3.63, 3.8) is 0 Å². The van der Waals surface area contributed by atoms with E-state index in [1.54, 1.807) is 0 Å². The molecule has 0 aliphatic heterocycles. The molecule has 0 aromatic carbocycles. The van der Waals surface area contributed by atoms with Crippen LogP contribution in [0.1, 0.15) is 6.92 Å². The maximum atomic E-state index is 10.2. The number of rotatable bonds is 5. The SMILES string of the molecule is CC(=N)C(O)C(N=O)C(N)CN. The minimum atomic E-state index is -1.22. The van der Waals surface area contributed by atoms with Crippen LogP contribution < -0.4 is 11.5 Å². The molecule has 0 aliphatic rings. The summed E-state index contributed by atoms with van der Waals surface area (Å²) in [6.07, 6.45) is -1.22. The van der Waals surface area contributed by atoms with Crippen molar-refractivity contribution in [1.29, 1.82) is 5.41 Å². The van der Waals surface area contributed by atoms with Gasteiger partial charge in [-0.2, -0.15) is 4.91 Å². The highest BCUT2D eigenvalue weighted by atomic mass is 16.3. The third-order valence-corrected chi connectivity index (χ3v) is 1.60. The summed E-state index contributed by atoms with van der Waals surface area (Å²) in [5.74, 6) is 0. The Balaban J connectivity index is 4.33. The van der Waals surface area contributed by atoms with Gasteiger partial charge in [0.25, 0.3) is 0 Å². The number of nitroso groups, excluding NO2 is 1. The number of nitrogens with two attached hydrogens (primary N) is 2. The molecule has 0 rings (SSSR count). The summed E-state index contributed by atoms with van der Waals surface area (Å²) in [5.41, 5.74) is 10.5. The zero-order chi connectivity index (χ0) is 9.72. The van der Waals surface area contributed by atoms with Gasteiger partial charge in [-0.15, -0.1) is 0 Å². The molecule has 6 N–H and O–H groups in total. The Bertz CT molecular complexity index is 173. The van der Waals surface area contributed by atoms with Gasteiger partial charge in [0.05, 0.1) is 0 Å². The van der Waals surface area contributed by atoms with Crippen LogP contribution in [0, 0.1) is 10.3 Å². The number of aliphatic hydroxyl groups excluding tert-OH is 1. The summed E-state index contributed by atoms with van der Waals surface area (Å²) in [5, 5.41) is 18.9. The Morgan fingerprint density at radius 2 is 2.25 bits per heavy atom.